The second kappa shape index (κ2) is 7.19. The van der Waals surface area contributed by atoms with E-state index in [1.165, 1.54) is 29.7 Å². The van der Waals surface area contributed by atoms with Crippen LogP contribution in [0.15, 0.2) is 30.3 Å². The van der Waals surface area contributed by atoms with Gasteiger partial charge in [0.2, 0.25) is 0 Å². The van der Waals surface area contributed by atoms with Crippen LogP contribution in [0.2, 0.25) is 0 Å². The second-order valence-electron chi connectivity index (χ2n) is 6.99. The highest BCUT2D eigenvalue weighted by Gasteiger charge is 2.23. The maximum atomic E-state index is 12.7. The van der Waals surface area contributed by atoms with Crippen LogP contribution in [0.4, 0.5) is 11.4 Å². The Bertz CT molecular complexity index is 995. The lowest BCUT2D eigenvalue weighted by Crippen LogP contribution is -2.14. The molecule has 2 aromatic heterocycles. The first-order valence-corrected chi connectivity index (χ1v) is 10.1. The number of thiophene rings is 1. The molecule has 2 heterocycles. The third-order valence-corrected chi connectivity index (χ3v) is 6.43. The van der Waals surface area contributed by atoms with Gasteiger partial charge in [0.1, 0.15) is 15.5 Å². The van der Waals surface area contributed by atoms with E-state index >= 15 is 0 Å². The first kappa shape index (κ1) is 17.8. The van der Waals surface area contributed by atoms with E-state index in [4.69, 9.17) is 15.5 Å². The summed E-state index contributed by atoms with van der Waals surface area (Å²) >= 11 is 1.37. The fourth-order valence-electron chi connectivity index (χ4n) is 3.65. The maximum Gasteiger partial charge on any atom is 0.267 e. The van der Waals surface area contributed by atoms with E-state index in [9.17, 15) is 4.79 Å². The predicted octanol–water partition coefficient (Wildman–Crippen LogP) is 4.65. The topological polar surface area (TPSA) is 77.2 Å². The van der Waals surface area contributed by atoms with E-state index in [1.54, 1.807) is 7.11 Å². The number of pyridine rings is 1. The van der Waals surface area contributed by atoms with Gasteiger partial charge in [0, 0.05) is 16.8 Å². The molecule has 6 heteroatoms. The molecular formula is C21H23N3O2S. The molecule has 140 valence electrons. The molecule has 0 aliphatic heterocycles. The Balaban J connectivity index is 1.63. The molecule has 0 bridgehead atoms. The largest absolute Gasteiger partial charge is 0.497 e. The number of hydrogen-bond donors (Lipinski definition) is 2. The Labute approximate surface area is 162 Å². The van der Waals surface area contributed by atoms with Crippen molar-refractivity contribution in [2.45, 2.75) is 32.6 Å². The van der Waals surface area contributed by atoms with Gasteiger partial charge in [-0.3, -0.25) is 4.79 Å². The smallest absolute Gasteiger partial charge is 0.267 e. The number of fused-ring (bicyclic) bond motifs is 2. The van der Waals surface area contributed by atoms with Gasteiger partial charge in [0.15, 0.2) is 0 Å². The van der Waals surface area contributed by atoms with E-state index in [0.29, 0.717) is 16.3 Å². The number of carbonyl (C=O) groups excluding carboxylic acids is 1. The quantitative estimate of drug-likeness (QED) is 0.689. The summed E-state index contributed by atoms with van der Waals surface area (Å²) in [6.45, 7) is 2.24. The molecule has 27 heavy (non-hydrogen) atoms. The predicted molar refractivity (Wildman–Crippen MR) is 111 cm³/mol. The van der Waals surface area contributed by atoms with Gasteiger partial charge in [-0.25, -0.2) is 4.98 Å². The number of benzene rings is 1. The fraction of sp³-hybridized carbons (Fsp3) is 0.333. The van der Waals surface area contributed by atoms with Crippen LogP contribution in [0.1, 0.15) is 40.7 Å². The lowest BCUT2D eigenvalue weighted by molar-refractivity contribution is 0.103. The Morgan fingerprint density at radius 1 is 1.37 bits per heavy atom. The summed E-state index contributed by atoms with van der Waals surface area (Å²) < 4.78 is 5.14. The number of nitrogens with one attached hydrogen (secondary N) is 1. The summed E-state index contributed by atoms with van der Waals surface area (Å²) in [5.74, 6) is 1.26. The van der Waals surface area contributed by atoms with E-state index in [-0.39, 0.29) is 5.91 Å². The molecule has 0 saturated carbocycles. The molecule has 1 aliphatic carbocycles. The number of rotatable bonds is 4. The van der Waals surface area contributed by atoms with Crippen LogP contribution in [-0.4, -0.2) is 18.0 Å². The second-order valence-corrected chi connectivity index (χ2v) is 7.99. The minimum absolute atomic E-state index is 0.204. The fourth-order valence-corrected chi connectivity index (χ4v) is 4.64. The van der Waals surface area contributed by atoms with Crippen LogP contribution in [-0.2, 0) is 12.8 Å². The normalized spacial score (nSPS) is 16.1. The first-order valence-electron chi connectivity index (χ1n) is 9.25. The molecule has 0 saturated heterocycles. The number of nitrogens with two attached hydrogens (primary N) is 1. The summed E-state index contributed by atoms with van der Waals surface area (Å²) in [4.78, 5) is 18.9. The number of ether oxygens (including phenoxy) is 1. The average Bonchev–Trinajstić information content (AvgIpc) is 3.02. The number of hydrogen-bond acceptors (Lipinski definition) is 5. The SMILES string of the molecule is CCC1CCc2nc3sc(C(=O)Nc4ccc(OC)cc4)c(N)c3cc2C1. The van der Waals surface area contributed by atoms with Gasteiger partial charge in [-0.2, -0.15) is 0 Å². The van der Waals surface area contributed by atoms with E-state index in [0.717, 1.165) is 40.4 Å². The number of nitrogen functional groups attached to an aromatic ring is 1. The summed E-state index contributed by atoms with van der Waals surface area (Å²) in [5, 5.41) is 3.80. The van der Waals surface area contributed by atoms with Crippen molar-refractivity contribution in [2.24, 2.45) is 5.92 Å². The lowest BCUT2D eigenvalue weighted by Gasteiger charge is -2.22. The van der Waals surface area contributed by atoms with Crippen molar-refractivity contribution < 1.29 is 9.53 Å². The van der Waals surface area contributed by atoms with Crippen molar-refractivity contribution in [1.82, 2.24) is 4.98 Å². The van der Waals surface area contributed by atoms with Crippen molar-refractivity contribution >= 4 is 38.8 Å². The van der Waals surface area contributed by atoms with Gasteiger partial charge in [-0.15, -0.1) is 11.3 Å². The summed E-state index contributed by atoms with van der Waals surface area (Å²) in [7, 11) is 1.61. The van der Waals surface area contributed by atoms with Crippen LogP contribution >= 0.6 is 11.3 Å². The summed E-state index contributed by atoms with van der Waals surface area (Å²) in [5.41, 5.74) is 10.0. The zero-order valence-corrected chi connectivity index (χ0v) is 16.4. The Hall–Kier alpha value is -2.60. The molecule has 1 atom stereocenters. The maximum absolute atomic E-state index is 12.7. The van der Waals surface area contributed by atoms with E-state index in [1.807, 2.05) is 24.3 Å². The van der Waals surface area contributed by atoms with E-state index < -0.39 is 0 Å². The molecule has 1 aromatic carbocycles. The van der Waals surface area contributed by atoms with Gasteiger partial charge < -0.3 is 15.8 Å². The van der Waals surface area contributed by atoms with Crippen molar-refractivity contribution in [3.63, 3.8) is 0 Å². The summed E-state index contributed by atoms with van der Waals surface area (Å²) in [6, 6.07) is 9.38. The van der Waals surface area contributed by atoms with Gasteiger partial charge >= 0.3 is 0 Å². The van der Waals surface area contributed by atoms with Crippen LogP contribution in [0.25, 0.3) is 10.2 Å². The number of nitrogens with zero attached hydrogens (tertiary/aromatic N) is 1. The zero-order chi connectivity index (χ0) is 19.0. The van der Waals surface area contributed by atoms with Gasteiger partial charge in [-0.1, -0.05) is 13.3 Å². The Morgan fingerprint density at radius 3 is 2.85 bits per heavy atom. The minimum atomic E-state index is -0.204. The van der Waals surface area contributed by atoms with Crippen LogP contribution in [0.3, 0.4) is 0 Å². The number of anilines is 2. The number of carbonyl (C=O) groups is 1. The Morgan fingerprint density at radius 2 is 2.15 bits per heavy atom. The number of aromatic nitrogens is 1. The number of amides is 1. The molecule has 1 amide bonds. The molecule has 1 aliphatic rings. The standard InChI is InChI=1S/C21H23N3O2S/c1-3-12-4-9-17-13(10-12)11-16-18(22)19(27-21(16)24-17)20(25)23-14-5-7-15(26-2)8-6-14/h5-8,11-12H,3-4,9-10,22H2,1-2H3,(H,23,25). The number of methoxy groups -OCH3 is 1. The van der Waals surface area contributed by atoms with Crippen molar-refractivity contribution in [3.05, 3.63) is 46.5 Å². The van der Waals surface area contributed by atoms with Crippen LogP contribution in [0, 0.1) is 5.92 Å². The van der Waals surface area contributed by atoms with Crippen LogP contribution in [0.5, 0.6) is 5.75 Å². The molecule has 4 rings (SSSR count). The average molecular weight is 382 g/mol. The molecule has 0 spiro atoms. The molecule has 5 nitrogen and oxygen atoms in total. The first-order chi connectivity index (χ1) is 13.1. The van der Waals surface area contributed by atoms with Crippen molar-refractivity contribution in [3.8, 4) is 5.75 Å². The molecule has 0 radical (unpaired) electrons. The Kier molecular flexibility index (Phi) is 4.74. The van der Waals surface area contributed by atoms with Crippen molar-refractivity contribution in [2.75, 3.05) is 18.2 Å². The monoisotopic (exact) mass is 381 g/mol. The van der Waals surface area contributed by atoms with Gasteiger partial charge in [0.25, 0.3) is 5.91 Å². The molecule has 3 N–H and O–H groups in total. The zero-order valence-electron chi connectivity index (χ0n) is 15.5. The van der Waals surface area contributed by atoms with Crippen molar-refractivity contribution in [1.29, 1.82) is 0 Å². The third kappa shape index (κ3) is 3.37. The highest BCUT2D eigenvalue weighted by atomic mass is 32.1. The lowest BCUT2D eigenvalue weighted by atomic mass is 9.85. The van der Waals surface area contributed by atoms with E-state index in [2.05, 4.69) is 18.3 Å². The molecule has 3 aromatic rings. The minimum Gasteiger partial charge on any atom is -0.497 e. The van der Waals surface area contributed by atoms with Gasteiger partial charge in [-0.05, 0) is 61.1 Å². The van der Waals surface area contributed by atoms with Gasteiger partial charge in [0.05, 0.1) is 12.8 Å². The molecule has 1 unspecified atom stereocenters. The highest BCUT2D eigenvalue weighted by Crippen LogP contribution is 2.37. The summed E-state index contributed by atoms with van der Waals surface area (Å²) in [6.07, 6.45) is 4.44. The van der Waals surface area contributed by atoms with Crippen LogP contribution < -0.4 is 15.8 Å². The highest BCUT2D eigenvalue weighted by molar-refractivity contribution is 7.21. The number of aryl methyl sites for hydroxylation is 1. The molecular weight excluding hydrogens is 358 g/mol. The molecule has 0 fully saturated rings. The third-order valence-electron chi connectivity index (χ3n) is 5.32.